The van der Waals surface area contributed by atoms with Gasteiger partial charge < -0.3 is 10.2 Å². The number of carbonyl (C=O) groups excluding carboxylic acids is 2. The van der Waals surface area contributed by atoms with Gasteiger partial charge in [0, 0.05) is 41.2 Å². The van der Waals surface area contributed by atoms with Crippen LogP contribution in [0.5, 0.6) is 0 Å². The summed E-state index contributed by atoms with van der Waals surface area (Å²) in [6.07, 6.45) is 5.33. The molecule has 0 spiro atoms. The van der Waals surface area contributed by atoms with E-state index < -0.39 is 6.04 Å². The summed E-state index contributed by atoms with van der Waals surface area (Å²) in [5.41, 5.74) is 2.64. The molecule has 0 saturated carbocycles. The number of thiazole rings is 1. The fourth-order valence-electron chi connectivity index (χ4n) is 3.83. The Bertz CT molecular complexity index is 1010. The van der Waals surface area contributed by atoms with Crippen LogP contribution in [0, 0.1) is 0 Å². The average molecular weight is 399 g/mol. The Hall–Kier alpha value is -2.32. The first-order chi connectivity index (χ1) is 13.0. The van der Waals surface area contributed by atoms with Crippen LogP contribution in [0.15, 0.2) is 42.0 Å². The fraction of sp³-hybridized carbons (Fsp3) is 0.316. The van der Waals surface area contributed by atoms with E-state index in [0.717, 1.165) is 28.3 Å². The highest BCUT2D eigenvalue weighted by Crippen LogP contribution is 2.47. The molecule has 0 bridgehead atoms. The second kappa shape index (κ2) is 6.10. The second-order valence-electron chi connectivity index (χ2n) is 7.05. The molecule has 27 heavy (non-hydrogen) atoms. The topological polar surface area (TPSA) is 66.7 Å². The molecule has 1 N–H and O–H groups in total. The monoisotopic (exact) mass is 398 g/mol. The molecule has 1 aromatic carbocycles. The van der Waals surface area contributed by atoms with Crippen LogP contribution in [-0.4, -0.2) is 42.8 Å². The van der Waals surface area contributed by atoms with Crippen LogP contribution in [0.2, 0.25) is 0 Å². The maximum atomic E-state index is 12.8. The fourth-order valence-corrected chi connectivity index (χ4v) is 5.96. The highest BCUT2D eigenvalue weighted by molar-refractivity contribution is 8.01. The molecule has 5 rings (SSSR count). The zero-order valence-corrected chi connectivity index (χ0v) is 16.3. The molecule has 0 aliphatic carbocycles. The van der Waals surface area contributed by atoms with Crippen LogP contribution in [0.25, 0.3) is 16.2 Å². The number of aromatic nitrogens is 2. The first kappa shape index (κ1) is 16.8. The number of imidazole rings is 1. The first-order valence-electron chi connectivity index (χ1n) is 8.83. The Kier molecular flexibility index (Phi) is 3.80. The largest absolute Gasteiger partial charge is 0.324 e. The van der Waals surface area contributed by atoms with Crippen molar-refractivity contribution in [2.24, 2.45) is 0 Å². The molecule has 4 heterocycles. The number of hydrogen-bond acceptors (Lipinski definition) is 5. The molecule has 2 amide bonds. The van der Waals surface area contributed by atoms with Crippen molar-refractivity contribution in [1.82, 2.24) is 14.3 Å². The van der Waals surface area contributed by atoms with Gasteiger partial charge in [0.15, 0.2) is 4.96 Å². The minimum absolute atomic E-state index is 0.0812. The van der Waals surface area contributed by atoms with Crippen molar-refractivity contribution in [3.63, 3.8) is 0 Å². The molecule has 138 valence electrons. The molecule has 2 aromatic heterocycles. The predicted molar refractivity (Wildman–Crippen MR) is 108 cm³/mol. The summed E-state index contributed by atoms with van der Waals surface area (Å²) in [6.45, 7) is 2.06. The van der Waals surface area contributed by atoms with Gasteiger partial charge in [-0.3, -0.25) is 14.0 Å². The average Bonchev–Trinajstić information content (AvgIpc) is 3.37. The molecule has 0 unspecified atom stereocenters. The molecular formula is C19H18N4O2S2. The molecule has 2 aliphatic heterocycles. The van der Waals surface area contributed by atoms with Gasteiger partial charge in [0.2, 0.25) is 11.8 Å². The van der Waals surface area contributed by atoms with E-state index in [2.05, 4.69) is 17.2 Å². The van der Waals surface area contributed by atoms with Gasteiger partial charge in [0.25, 0.3) is 0 Å². The van der Waals surface area contributed by atoms with Crippen LogP contribution in [0.1, 0.15) is 19.8 Å². The van der Waals surface area contributed by atoms with Crippen molar-refractivity contribution >= 4 is 45.6 Å². The summed E-state index contributed by atoms with van der Waals surface area (Å²) in [6, 6.07) is 7.28. The smallest absolute Gasteiger partial charge is 0.248 e. The summed E-state index contributed by atoms with van der Waals surface area (Å²) in [5, 5.41) is 4.97. The maximum absolute atomic E-state index is 12.8. The Morgan fingerprint density at radius 1 is 1.33 bits per heavy atom. The second-order valence-corrected chi connectivity index (χ2v) is 9.43. The summed E-state index contributed by atoms with van der Waals surface area (Å²) in [4.78, 5) is 32.1. The van der Waals surface area contributed by atoms with Gasteiger partial charge in [-0.1, -0.05) is 12.1 Å². The van der Waals surface area contributed by atoms with Crippen LogP contribution >= 0.6 is 23.1 Å². The Balaban J connectivity index is 1.32. The first-order valence-corrected chi connectivity index (χ1v) is 10.7. The van der Waals surface area contributed by atoms with E-state index in [9.17, 15) is 9.59 Å². The number of carbonyl (C=O) groups is 2. The highest BCUT2D eigenvalue weighted by atomic mass is 32.2. The van der Waals surface area contributed by atoms with E-state index in [1.54, 1.807) is 28.0 Å². The number of rotatable bonds is 3. The summed E-state index contributed by atoms with van der Waals surface area (Å²) in [7, 11) is 0. The van der Waals surface area contributed by atoms with Crippen LogP contribution in [-0.2, 0) is 9.59 Å². The molecule has 8 heteroatoms. The number of anilines is 1. The third kappa shape index (κ3) is 2.74. The van der Waals surface area contributed by atoms with Crippen molar-refractivity contribution in [3.05, 3.63) is 42.0 Å². The van der Waals surface area contributed by atoms with Crippen molar-refractivity contribution in [3.8, 4) is 11.3 Å². The van der Waals surface area contributed by atoms with Gasteiger partial charge in [-0.2, -0.15) is 0 Å². The number of nitrogens with zero attached hydrogens (tertiary/aromatic N) is 3. The van der Waals surface area contributed by atoms with Gasteiger partial charge in [0.05, 0.1) is 10.6 Å². The van der Waals surface area contributed by atoms with Crippen LogP contribution in [0.4, 0.5) is 5.69 Å². The van der Waals surface area contributed by atoms with Crippen molar-refractivity contribution < 1.29 is 9.59 Å². The van der Waals surface area contributed by atoms with Gasteiger partial charge in [-0.15, -0.1) is 23.1 Å². The lowest BCUT2D eigenvalue weighted by atomic mass is 10.1. The van der Waals surface area contributed by atoms with Crippen molar-refractivity contribution in [1.29, 1.82) is 0 Å². The maximum Gasteiger partial charge on any atom is 0.248 e. The number of benzene rings is 1. The normalized spacial score (nSPS) is 24.6. The Morgan fingerprint density at radius 3 is 2.93 bits per heavy atom. The number of nitrogens with one attached hydrogen (secondary N) is 1. The number of amides is 2. The lowest BCUT2D eigenvalue weighted by molar-refractivity contribution is -0.135. The van der Waals surface area contributed by atoms with Gasteiger partial charge in [0.1, 0.15) is 6.04 Å². The number of hydrogen-bond donors (Lipinski definition) is 1. The van der Waals surface area contributed by atoms with E-state index in [4.69, 9.17) is 0 Å². The standard InChI is InChI=1S/C19H18N4O2S2/c1-19-7-6-16(24)23(19)15(11-27-19)17(25)20-13-4-2-12(3-5-13)14-10-22-8-9-26-18(22)21-14/h2-5,8-10,15H,6-7,11H2,1H3,(H,20,25)/t15-,19-/m0/s1. The quantitative estimate of drug-likeness (QED) is 0.734. The van der Waals surface area contributed by atoms with Crippen molar-refractivity contribution in [2.45, 2.75) is 30.7 Å². The van der Waals surface area contributed by atoms with Crippen LogP contribution < -0.4 is 5.32 Å². The number of fused-ring (bicyclic) bond motifs is 2. The minimum atomic E-state index is -0.394. The highest BCUT2D eigenvalue weighted by Gasteiger charge is 2.52. The molecule has 6 nitrogen and oxygen atoms in total. The molecule has 2 atom stereocenters. The zero-order valence-electron chi connectivity index (χ0n) is 14.7. The van der Waals surface area contributed by atoms with E-state index in [0.29, 0.717) is 12.2 Å². The third-order valence-corrected chi connectivity index (χ3v) is 7.56. The minimum Gasteiger partial charge on any atom is -0.324 e. The Morgan fingerprint density at radius 2 is 2.15 bits per heavy atom. The molecule has 2 aliphatic rings. The lowest BCUT2D eigenvalue weighted by Gasteiger charge is -2.29. The summed E-state index contributed by atoms with van der Waals surface area (Å²) in [5.74, 6) is 0.617. The third-order valence-electron chi connectivity index (χ3n) is 5.29. The van der Waals surface area contributed by atoms with E-state index in [-0.39, 0.29) is 16.7 Å². The number of thioether (sulfide) groups is 1. The molecule has 2 fully saturated rings. The van der Waals surface area contributed by atoms with E-state index in [1.165, 1.54) is 0 Å². The summed E-state index contributed by atoms with van der Waals surface area (Å²) < 4.78 is 2.00. The van der Waals surface area contributed by atoms with E-state index >= 15 is 0 Å². The van der Waals surface area contributed by atoms with Gasteiger partial charge in [-0.25, -0.2) is 4.98 Å². The molecule has 3 aromatic rings. The molecule has 2 saturated heterocycles. The van der Waals surface area contributed by atoms with Crippen LogP contribution in [0.3, 0.4) is 0 Å². The Labute approximate surface area is 164 Å². The van der Waals surface area contributed by atoms with Crippen molar-refractivity contribution in [2.75, 3.05) is 11.1 Å². The zero-order chi connectivity index (χ0) is 18.6. The van der Waals surface area contributed by atoms with Gasteiger partial charge >= 0.3 is 0 Å². The predicted octanol–water partition coefficient (Wildman–Crippen LogP) is 3.46. The summed E-state index contributed by atoms with van der Waals surface area (Å²) >= 11 is 3.30. The van der Waals surface area contributed by atoms with Gasteiger partial charge in [-0.05, 0) is 25.5 Å². The lowest BCUT2D eigenvalue weighted by Crippen LogP contribution is -2.48. The SMILES string of the molecule is C[C@]12CCC(=O)N1[C@H](C(=O)Nc1ccc(-c3cn4ccsc4n3)cc1)CS2. The molecule has 0 radical (unpaired) electrons. The van der Waals surface area contributed by atoms with E-state index in [1.807, 2.05) is 46.4 Å². The molecular weight excluding hydrogens is 380 g/mol.